The van der Waals surface area contributed by atoms with Crippen molar-refractivity contribution in [2.75, 3.05) is 12.4 Å². The smallest absolute Gasteiger partial charge is 0.309 e. The van der Waals surface area contributed by atoms with Crippen molar-refractivity contribution in [1.29, 1.82) is 0 Å². The zero-order valence-electron chi connectivity index (χ0n) is 20.8. The summed E-state index contributed by atoms with van der Waals surface area (Å²) in [5, 5.41) is 14.4. The first-order valence-corrected chi connectivity index (χ1v) is 14.6. The summed E-state index contributed by atoms with van der Waals surface area (Å²) in [5.74, 6) is -4.04. The quantitative estimate of drug-likeness (QED) is 0.423. The summed E-state index contributed by atoms with van der Waals surface area (Å²) in [6.07, 6.45) is -0.373. The van der Waals surface area contributed by atoms with E-state index in [1.807, 2.05) is 19.6 Å². The minimum Gasteiger partial charge on any atom is -0.481 e. The molecule has 35 heavy (non-hydrogen) atoms. The molecule has 0 bridgehead atoms. The number of carboxylic acid groups (broad SMARTS) is 1. The zero-order chi connectivity index (χ0) is 26.6. The number of ether oxygens (including phenoxy) is 1. The Kier molecular flexibility index (Phi) is 8.91. The molecule has 0 saturated carbocycles. The number of hydrogen-bond acceptors (Lipinski definition) is 4. The first kappa shape index (κ1) is 28.1. The van der Waals surface area contributed by atoms with E-state index in [1.165, 1.54) is 13.8 Å². The second-order valence-electron chi connectivity index (χ2n) is 10.1. The Bertz CT molecular complexity index is 1080. The summed E-state index contributed by atoms with van der Waals surface area (Å²) in [7, 11) is -0.762. The second kappa shape index (κ2) is 11.1. The normalized spacial score (nSPS) is 12.7. The van der Waals surface area contributed by atoms with Crippen molar-refractivity contribution in [2.45, 2.75) is 52.6 Å². The molecule has 0 spiro atoms. The average molecular weight is 507 g/mol. The molecule has 0 aliphatic carbocycles. The molecule has 0 unspecified atom stereocenters. The standard InChI is InChI=1S/C25H32F2N2O5Si/c1-25(2,24(32)33)13-20(30)29-21(16-9-7-15(8-10-16)14-34-3)23(31)28-17-11-18(26)22(19(27)12-17)35(4,5)6/h7-12,21H,13-14H2,1-6H3,(H,28,31)(H,29,30)(H,32,33)/t21-/m1/s1. The van der Waals surface area contributed by atoms with Crippen molar-refractivity contribution >= 4 is 36.7 Å². The van der Waals surface area contributed by atoms with Gasteiger partial charge in [0.25, 0.3) is 5.91 Å². The molecule has 0 saturated heterocycles. The van der Waals surface area contributed by atoms with Crippen LogP contribution in [0.4, 0.5) is 14.5 Å². The van der Waals surface area contributed by atoms with Gasteiger partial charge < -0.3 is 20.5 Å². The van der Waals surface area contributed by atoms with Gasteiger partial charge in [-0.1, -0.05) is 43.9 Å². The van der Waals surface area contributed by atoms with Crippen LogP contribution in [-0.4, -0.2) is 38.1 Å². The number of amides is 2. The molecule has 0 fully saturated rings. The molecule has 2 amide bonds. The van der Waals surface area contributed by atoms with Crippen LogP contribution < -0.4 is 15.8 Å². The van der Waals surface area contributed by atoms with E-state index in [2.05, 4.69) is 10.6 Å². The molecule has 2 rings (SSSR count). The third-order valence-electron chi connectivity index (χ3n) is 5.43. The van der Waals surface area contributed by atoms with Crippen LogP contribution >= 0.6 is 0 Å². The van der Waals surface area contributed by atoms with E-state index in [0.717, 1.165) is 17.7 Å². The first-order valence-electron chi connectivity index (χ1n) is 11.1. The number of methoxy groups -OCH3 is 1. The highest BCUT2D eigenvalue weighted by atomic mass is 28.3. The minimum atomic E-state index is -2.30. The molecule has 0 aromatic heterocycles. The number of rotatable bonds is 10. The van der Waals surface area contributed by atoms with Gasteiger partial charge in [-0.15, -0.1) is 0 Å². The van der Waals surface area contributed by atoms with E-state index in [1.54, 1.807) is 31.4 Å². The van der Waals surface area contributed by atoms with Crippen LogP contribution in [0.2, 0.25) is 19.6 Å². The van der Waals surface area contributed by atoms with Gasteiger partial charge in [-0.25, -0.2) is 8.78 Å². The van der Waals surface area contributed by atoms with Gasteiger partial charge in [-0.3, -0.25) is 14.4 Å². The monoisotopic (exact) mass is 506 g/mol. The van der Waals surface area contributed by atoms with Crippen LogP contribution in [0.5, 0.6) is 0 Å². The molecule has 0 aliphatic rings. The molecule has 3 N–H and O–H groups in total. The van der Waals surface area contributed by atoms with Crippen LogP contribution in [0, 0.1) is 17.0 Å². The fraction of sp³-hybridized carbons (Fsp3) is 0.400. The first-order chi connectivity index (χ1) is 16.2. The van der Waals surface area contributed by atoms with Crippen molar-refractivity contribution in [3.8, 4) is 0 Å². The number of nitrogens with one attached hydrogen (secondary N) is 2. The lowest BCUT2D eigenvalue weighted by molar-refractivity contribution is -0.149. The number of carbonyl (C=O) groups is 3. The van der Waals surface area contributed by atoms with Crippen LogP contribution in [0.15, 0.2) is 36.4 Å². The predicted molar refractivity (Wildman–Crippen MR) is 132 cm³/mol. The van der Waals surface area contributed by atoms with E-state index in [4.69, 9.17) is 4.74 Å². The topological polar surface area (TPSA) is 105 Å². The van der Waals surface area contributed by atoms with Crippen LogP contribution in [-0.2, 0) is 25.7 Å². The molecule has 1 atom stereocenters. The van der Waals surface area contributed by atoms with Gasteiger partial charge in [0.05, 0.1) is 20.1 Å². The van der Waals surface area contributed by atoms with Crippen molar-refractivity contribution in [3.05, 3.63) is 59.2 Å². The van der Waals surface area contributed by atoms with Gasteiger partial charge in [0, 0.05) is 24.4 Å². The fourth-order valence-electron chi connectivity index (χ4n) is 3.54. The Morgan fingerprint density at radius 2 is 1.60 bits per heavy atom. The number of benzene rings is 2. The van der Waals surface area contributed by atoms with E-state index < -0.39 is 48.9 Å². The van der Waals surface area contributed by atoms with E-state index in [0.29, 0.717) is 12.2 Å². The molecule has 0 heterocycles. The Balaban J connectivity index is 2.36. The lowest BCUT2D eigenvalue weighted by atomic mass is 9.89. The molecule has 2 aromatic carbocycles. The lowest BCUT2D eigenvalue weighted by Crippen LogP contribution is -2.43. The Morgan fingerprint density at radius 3 is 2.06 bits per heavy atom. The van der Waals surface area contributed by atoms with Crippen molar-refractivity contribution < 1.29 is 33.0 Å². The number of carboxylic acids is 1. The third kappa shape index (κ3) is 7.43. The van der Waals surface area contributed by atoms with Gasteiger partial charge in [0.1, 0.15) is 17.7 Å². The maximum absolute atomic E-state index is 14.7. The Labute approximate surface area is 204 Å². The largest absolute Gasteiger partial charge is 0.481 e. The van der Waals surface area contributed by atoms with Crippen molar-refractivity contribution in [2.24, 2.45) is 5.41 Å². The van der Waals surface area contributed by atoms with Crippen LogP contribution in [0.3, 0.4) is 0 Å². The summed E-state index contributed by atoms with van der Waals surface area (Å²) in [6, 6.07) is 7.56. The second-order valence-corrected chi connectivity index (χ2v) is 15.1. The minimum absolute atomic E-state index is 0.0324. The third-order valence-corrected chi connectivity index (χ3v) is 7.41. The van der Waals surface area contributed by atoms with Gasteiger partial charge in [-0.05, 0) is 37.1 Å². The van der Waals surface area contributed by atoms with Gasteiger partial charge in [0.15, 0.2) is 0 Å². The Morgan fingerprint density at radius 1 is 1.06 bits per heavy atom. The van der Waals surface area contributed by atoms with Crippen LogP contribution in [0.1, 0.15) is 37.4 Å². The highest BCUT2D eigenvalue weighted by Gasteiger charge is 2.33. The molecule has 190 valence electrons. The van der Waals surface area contributed by atoms with Gasteiger partial charge in [0.2, 0.25) is 5.91 Å². The average Bonchev–Trinajstić information content (AvgIpc) is 2.71. The highest BCUT2D eigenvalue weighted by molar-refractivity contribution is 6.88. The predicted octanol–water partition coefficient (Wildman–Crippen LogP) is 3.95. The number of hydrogen-bond donors (Lipinski definition) is 3. The summed E-state index contributed by atoms with van der Waals surface area (Å²) in [6.45, 7) is 8.57. The van der Waals surface area contributed by atoms with Gasteiger partial charge in [-0.2, -0.15) is 0 Å². The van der Waals surface area contributed by atoms with E-state index >= 15 is 0 Å². The maximum atomic E-state index is 14.7. The molecule has 7 nitrogen and oxygen atoms in total. The van der Waals surface area contributed by atoms with Crippen molar-refractivity contribution in [1.82, 2.24) is 5.32 Å². The summed E-state index contributed by atoms with van der Waals surface area (Å²) in [5.41, 5.74) is -0.205. The fourth-order valence-corrected chi connectivity index (χ4v) is 5.12. The number of anilines is 1. The molecular formula is C25H32F2N2O5Si. The van der Waals surface area contributed by atoms with Gasteiger partial charge >= 0.3 is 5.97 Å². The number of aliphatic carboxylic acids is 1. The summed E-state index contributed by atoms with van der Waals surface area (Å²) >= 11 is 0. The maximum Gasteiger partial charge on any atom is 0.309 e. The molecule has 10 heteroatoms. The molecule has 0 radical (unpaired) electrons. The number of halogens is 2. The van der Waals surface area contributed by atoms with E-state index in [-0.39, 0.29) is 17.3 Å². The molecule has 0 aliphatic heterocycles. The SMILES string of the molecule is COCc1ccc([C@@H](NC(=O)CC(C)(C)C(=O)O)C(=O)Nc2cc(F)c([Si](C)(C)C)c(F)c2)cc1. The molecule has 2 aromatic rings. The Hall–Kier alpha value is -3.11. The summed E-state index contributed by atoms with van der Waals surface area (Å²) in [4.78, 5) is 37.2. The summed E-state index contributed by atoms with van der Waals surface area (Å²) < 4.78 is 34.4. The highest BCUT2D eigenvalue weighted by Crippen LogP contribution is 2.23. The van der Waals surface area contributed by atoms with Crippen LogP contribution in [0.25, 0.3) is 0 Å². The zero-order valence-corrected chi connectivity index (χ0v) is 21.8. The van der Waals surface area contributed by atoms with Crippen molar-refractivity contribution in [3.63, 3.8) is 0 Å². The van der Waals surface area contributed by atoms with E-state index in [9.17, 15) is 28.3 Å². The molecular weight excluding hydrogens is 474 g/mol. The number of carbonyl (C=O) groups excluding carboxylic acids is 2. The lowest BCUT2D eigenvalue weighted by Gasteiger charge is -2.23.